The quantitative estimate of drug-likeness (QED) is 0.692. The summed E-state index contributed by atoms with van der Waals surface area (Å²) >= 11 is 5.85. The van der Waals surface area contributed by atoms with Gasteiger partial charge in [0.2, 0.25) is 23.5 Å². The van der Waals surface area contributed by atoms with Gasteiger partial charge in [0.25, 0.3) is 0 Å². The van der Waals surface area contributed by atoms with E-state index in [1.165, 1.54) is 0 Å². The van der Waals surface area contributed by atoms with E-state index in [0.717, 1.165) is 5.56 Å². The maximum atomic E-state index is 12.0. The molecule has 0 spiro atoms. The molecule has 0 atom stereocenters. The third kappa shape index (κ3) is 4.46. The second-order valence-electron chi connectivity index (χ2n) is 5.51. The van der Waals surface area contributed by atoms with E-state index in [0.29, 0.717) is 34.4 Å². The van der Waals surface area contributed by atoms with Gasteiger partial charge in [-0.15, -0.1) is 0 Å². The molecule has 0 saturated carbocycles. The Bertz CT molecular complexity index is 920. The van der Waals surface area contributed by atoms with Gasteiger partial charge >= 0.3 is 0 Å². The second kappa shape index (κ2) is 7.79. The Morgan fingerprint density at radius 3 is 2.42 bits per heavy atom. The number of anilines is 1. The fourth-order valence-corrected chi connectivity index (χ4v) is 2.36. The van der Waals surface area contributed by atoms with Crippen LogP contribution in [0.5, 0.6) is 0 Å². The number of amides is 2. The van der Waals surface area contributed by atoms with Gasteiger partial charge in [0.1, 0.15) is 0 Å². The van der Waals surface area contributed by atoms with Crippen LogP contribution in [0.2, 0.25) is 5.02 Å². The number of aromatic nitrogens is 2. The average Bonchev–Trinajstić information content (AvgIpc) is 3.10. The maximum Gasteiger partial charge on any atom is 0.248 e. The zero-order valence-corrected chi connectivity index (χ0v) is 14.4. The van der Waals surface area contributed by atoms with Gasteiger partial charge in [-0.2, -0.15) is 4.98 Å². The molecule has 2 aromatic carbocycles. The van der Waals surface area contributed by atoms with E-state index >= 15 is 0 Å². The van der Waals surface area contributed by atoms with E-state index in [4.69, 9.17) is 21.9 Å². The molecule has 0 aliphatic carbocycles. The van der Waals surface area contributed by atoms with Crippen LogP contribution in [-0.2, 0) is 11.2 Å². The minimum absolute atomic E-state index is 0.180. The molecule has 0 aliphatic rings. The molecule has 1 heterocycles. The number of halogens is 1. The molecule has 3 N–H and O–H groups in total. The molecular weight excluding hydrogens is 356 g/mol. The van der Waals surface area contributed by atoms with E-state index < -0.39 is 5.91 Å². The number of carbonyl (C=O) groups excluding carboxylic acids is 2. The number of nitrogens with two attached hydrogens (primary N) is 1. The number of benzene rings is 2. The molecule has 3 aromatic rings. The van der Waals surface area contributed by atoms with Crippen molar-refractivity contribution < 1.29 is 14.1 Å². The average molecular weight is 371 g/mol. The van der Waals surface area contributed by atoms with Crippen LogP contribution in [0.1, 0.15) is 22.7 Å². The van der Waals surface area contributed by atoms with Gasteiger partial charge < -0.3 is 15.6 Å². The topological polar surface area (TPSA) is 111 Å². The van der Waals surface area contributed by atoms with Gasteiger partial charge in [0.15, 0.2) is 0 Å². The van der Waals surface area contributed by atoms with Crippen molar-refractivity contribution in [3.63, 3.8) is 0 Å². The number of nitrogens with zero attached hydrogens (tertiary/aromatic N) is 2. The van der Waals surface area contributed by atoms with E-state index in [2.05, 4.69) is 15.5 Å². The van der Waals surface area contributed by atoms with Gasteiger partial charge in [-0.05, 0) is 48.5 Å². The smallest absolute Gasteiger partial charge is 0.248 e. The lowest BCUT2D eigenvalue weighted by Gasteiger charge is -2.04. The van der Waals surface area contributed by atoms with Crippen molar-refractivity contribution in [1.82, 2.24) is 10.1 Å². The lowest BCUT2D eigenvalue weighted by Crippen LogP contribution is -2.13. The minimum atomic E-state index is -0.518. The first kappa shape index (κ1) is 17.6. The molecule has 0 saturated heterocycles. The Labute approximate surface area is 154 Å². The Hall–Kier alpha value is -3.19. The van der Waals surface area contributed by atoms with Gasteiger partial charge in [-0.3, -0.25) is 9.59 Å². The summed E-state index contributed by atoms with van der Waals surface area (Å²) in [6.45, 7) is 0. The summed E-state index contributed by atoms with van der Waals surface area (Å²) < 4.78 is 5.17. The molecule has 26 heavy (non-hydrogen) atoms. The minimum Gasteiger partial charge on any atom is -0.366 e. The first-order valence-corrected chi connectivity index (χ1v) is 8.17. The monoisotopic (exact) mass is 370 g/mol. The standard InChI is InChI=1S/C18H15ClN4O3/c19-13-5-1-12(2-6-13)18-22-16(26-23-18)10-9-15(24)21-14-7-3-11(4-8-14)17(20)25/h1-8H,9-10H2,(H2,20,25)(H,21,24). The van der Waals surface area contributed by atoms with Gasteiger partial charge in [0.05, 0.1) is 0 Å². The number of aryl methyl sites for hydroxylation is 1. The van der Waals surface area contributed by atoms with Crippen LogP contribution in [0.3, 0.4) is 0 Å². The summed E-state index contributed by atoms with van der Waals surface area (Å²) in [5, 5.41) is 7.25. The Kier molecular flexibility index (Phi) is 5.28. The lowest BCUT2D eigenvalue weighted by molar-refractivity contribution is -0.116. The van der Waals surface area contributed by atoms with Gasteiger partial charge in [-0.1, -0.05) is 16.8 Å². The Morgan fingerprint density at radius 1 is 1.08 bits per heavy atom. The highest BCUT2D eigenvalue weighted by Gasteiger charge is 2.11. The number of carbonyl (C=O) groups is 2. The van der Waals surface area contributed by atoms with Crippen LogP contribution in [0.15, 0.2) is 53.1 Å². The van der Waals surface area contributed by atoms with Crippen molar-refractivity contribution in [3.05, 3.63) is 65.0 Å². The van der Waals surface area contributed by atoms with Crippen molar-refractivity contribution in [2.75, 3.05) is 5.32 Å². The lowest BCUT2D eigenvalue weighted by atomic mass is 10.2. The Morgan fingerprint density at radius 2 is 1.77 bits per heavy atom. The van der Waals surface area contributed by atoms with Crippen LogP contribution in [0, 0.1) is 0 Å². The van der Waals surface area contributed by atoms with Gasteiger partial charge in [-0.25, -0.2) is 0 Å². The highest BCUT2D eigenvalue weighted by molar-refractivity contribution is 6.30. The third-order valence-electron chi connectivity index (χ3n) is 3.59. The van der Waals surface area contributed by atoms with Crippen LogP contribution in [-0.4, -0.2) is 22.0 Å². The van der Waals surface area contributed by atoms with Crippen LogP contribution in [0.4, 0.5) is 5.69 Å². The number of nitrogens with one attached hydrogen (secondary N) is 1. The number of hydrogen-bond acceptors (Lipinski definition) is 5. The molecule has 0 unspecified atom stereocenters. The largest absolute Gasteiger partial charge is 0.366 e. The second-order valence-corrected chi connectivity index (χ2v) is 5.94. The SMILES string of the molecule is NC(=O)c1ccc(NC(=O)CCc2nc(-c3ccc(Cl)cc3)no2)cc1. The van der Waals surface area contributed by atoms with Gasteiger partial charge in [0, 0.05) is 34.7 Å². The van der Waals surface area contributed by atoms with Crippen molar-refractivity contribution in [1.29, 1.82) is 0 Å². The summed E-state index contributed by atoms with van der Waals surface area (Å²) in [6.07, 6.45) is 0.492. The molecule has 0 fully saturated rings. The fourth-order valence-electron chi connectivity index (χ4n) is 2.23. The molecule has 1 aromatic heterocycles. The maximum absolute atomic E-state index is 12.0. The summed E-state index contributed by atoms with van der Waals surface area (Å²) in [4.78, 5) is 27.3. The van der Waals surface area contributed by atoms with Crippen molar-refractivity contribution in [2.45, 2.75) is 12.8 Å². The summed E-state index contributed by atoms with van der Waals surface area (Å²) in [6, 6.07) is 13.4. The summed E-state index contributed by atoms with van der Waals surface area (Å²) in [5.74, 6) is 0.0899. The molecule has 132 valence electrons. The molecule has 7 nitrogen and oxygen atoms in total. The van der Waals surface area contributed by atoms with Crippen molar-refractivity contribution in [3.8, 4) is 11.4 Å². The highest BCUT2D eigenvalue weighted by atomic mass is 35.5. The van der Waals surface area contributed by atoms with Crippen LogP contribution < -0.4 is 11.1 Å². The third-order valence-corrected chi connectivity index (χ3v) is 3.84. The fraction of sp³-hybridized carbons (Fsp3) is 0.111. The molecule has 0 radical (unpaired) electrons. The molecule has 0 aliphatic heterocycles. The first-order chi connectivity index (χ1) is 12.5. The van der Waals surface area contributed by atoms with E-state index in [-0.39, 0.29) is 12.3 Å². The van der Waals surface area contributed by atoms with E-state index in [1.54, 1.807) is 48.5 Å². The van der Waals surface area contributed by atoms with E-state index in [9.17, 15) is 9.59 Å². The predicted molar refractivity (Wildman–Crippen MR) is 96.7 cm³/mol. The molecular formula is C18H15ClN4O3. The Balaban J connectivity index is 1.54. The van der Waals surface area contributed by atoms with E-state index in [1.807, 2.05) is 0 Å². The first-order valence-electron chi connectivity index (χ1n) is 7.79. The zero-order chi connectivity index (χ0) is 18.5. The van der Waals surface area contributed by atoms with Crippen molar-refractivity contribution >= 4 is 29.1 Å². The van der Waals surface area contributed by atoms with Crippen LogP contribution >= 0.6 is 11.6 Å². The van der Waals surface area contributed by atoms with Crippen LogP contribution in [0.25, 0.3) is 11.4 Å². The summed E-state index contributed by atoms with van der Waals surface area (Å²) in [5.41, 5.74) is 6.91. The summed E-state index contributed by atoms with van der Waals surface area (Å²) in [7, 11) is 0. The molecule has 0 bridgehead atoms. The van der Waals surface area contributed by atoms with Crippen molar-refractivity contribution in [2.24, 2.45) is 5.73 Å². The predicted octanol–water partition coefficient (Wildman–Crippen LogP) is 3.06. The number of rotatable bonds is 6. The molecule has 3 rings (SSSR count). The number of primary amides is 1. The normalized spacial score (nSPS) is 10.5. The number of hydrogen-bond donors (Lipinski definition) is 2. The zero-order valence-electron chi connectivity index (χ0n) is 13.6. The molecule has 2 amide bonds. The molecule has 8 heteroatoms. The highest BCUT2D eigenvalue weighted by Crippen LogP contribution is 2.19.